The minimum absolute atomic E-state index is 0.00681. The molecule has 0 radical (unpaired) electrons. The molecule has 2 aromatic rings. The van der Waals surface area contributed by atoms with Crippen molar-refractivity contribution in [3.63, 3.8) is 0 Å². The summed E-state index contributed by atoms with van der Waals surface area (Å²) < 4.78 is 5.86. The fourth-order valence-corrected chi connectivity index (χ4v) is 3.19. The molecule has 0 unspecified atom stereocenters. The van der Waals surface area contributed by atoms with Crippen molar-refractivity contribution in [3.8, 4) is 11.9 Å². The Hall–Kier alpha value is -3.18. The summed E-state index contributed by atoms with van der Waals surface area (Å²) in [6.07, 6.45) is 4.72. The monoisotopic (exact) mass is 368 g/mol. The van der Waals surface area contributed by atoms with Crippen LogP contribution in [0.5, 0.6) is 5.88 Å². The van der Waals surface area contributed by atoms with Gasteiger partial charge in [0, 0.05) is 24.4 Å². The number of nitro benzene ring substituents is 1. The van der Waals surface area contributed by atoms with Crippen molar-refractivity contribution in [2.24, 2.45) is 0 Å². The van der Waals surface area contributed by atoms with E-state index in [0.717, 1.165) is 25.7 Å². The van der Waals surface area contributed by atoms with Crippen LogP contribution >= 0.6 is 0 Å². The normalized spacial score (nSPS) is 19.1. The van der Waals surface area contributed by atoms with Gasteiger partial charge in [0.1, 0.15) is 17.9 Å². The number of nitrogens with zero attached hydrogens (tertiary/aromatic N) is 3. The first kappa shape index (κ1) is 18.6. The van der Waals surface area contributed by atoms with E-state index in [4.69, 9.17) is 10.00 Å². The molecule has 0 bridgehead atoms. The SMILES string of the molecule is N#Cc1ccc(OC2CCC(Nc3cc(CO)ccc3[N+](=O)[O-])CC2)nc1. The number of pyridine rings is 1. The van der Waals surface area contributed by atoms with Crippen LogP contribution in [0, 0.1) is 21.4 Å². The van der Waals surface area contributed by atoms with Gasteiger partial charge in [0.25, 0.3) is 5.69 Å². The minimum Gasteiger partial charge on any atom is -0.474 e. The number of hydrogen-bond donors (Lipinski definition) is 2. The number of nitro groups is 1. The highest BCUT2D eigenvalue weighted by atomic mass is 16.6. The first-order valence-corrected chi connectivity index (χ1v) is 8.76. The molecule has 8 heteroatoms. The van der Waals surface area contributed by atoms with Gasteiger partial charge >= 0.3 is 0 Å². The van der Waals surface area contributed by atoms with Crippen LogP contribution in [0.3, 0.4) is 0 Å². The molecular weight excluding hydrogens is 348 g/mol. The van der Waals surface area contributed by atoms with Gasteiger partial charge in [0.15, 0.2) is 0 Å². The molecule has 2 N–H and O–H groups in total. The van der Waals surface area contributed by atoms with E-state index in [-0.39, 0.29) is 24.4 Å². The van der Waals surface area contributed by atoms with E-state index >= 15 is 0 Å². The summed E-state index contributed by atoms with van der Waals surface area (Å²) in [5.74, 6) is 0.497. The van der Waals surface area contributed by atoms with Gasteiger partial charge in [-0.25, -0.2) is 4.98 Å². The summed E-state index contributed by atoms with van der Waals surface area (Å²) in [6.45, 7) is -0.162. The Morgan fingerprint density at radius 1 is 1.30 bits per heavy atom. The molecule has 0 atom stereocenters. The van der Waals surface area contributed by atoms with Crippen molar-refractivity contribution in [1.29, 1.82) is 5.26 Å². The first-order chi connectivity index (χ1) is 13.1. The molecule has 0 spiro atoms. The Kier molecular flexibility index (Phi) is 5.84. The van der Waals surface area contributed by atoms with E-state index in [1.165, 1.54) is 12.3 Å². The van der Waals surface area contributed by atoms with Gasteiger partial charge < -0.3 is 15.2 Å². The van der Waals surface area contributed by atoms with Gasteiger partial charge in [-0.1, -0.05) is 0 Å². The number of ether oxygens (including phenoxy) is 1. The van der Waals surface area contributed by atoms with Crippen LogP contribution in [0.1, 0.15) is 36.8 Å². The summed E-state index contributed by atoms with van der Waals surface area (Å²) in [5, 5.41) is 32.5. The average molecular weight is 368 g/mol. The Balaban J connectivity index is 1.58. The van der Waals surface area contributed by atoms with Crippen LogP contribution in [0.15, 0.2) is 36.5 Å². The molecular formula is C19H20N4O4. The van der Waals surface area contributed by atoms with E-state index in [2.05, 4.69) is 10.3 Å². The molecule has 140 valence electrons. The molecule has 1 aliphatic carbocycles. The third-order valence-electron chi connectivity index (χ3n) is 4.63. The molecule has 1 heterocycles. The van der Waals surface area contributed by atoms with E-state index < -0.39 is 4.92 Å². The predicted molar refractivity (Wildman–Crippen MR) is 98.3 cm³/mol. The summed E-state index contributed by atoms with van der Waals surface area (Å²) in [5.41, 5.74) is 1.56. The number of nitriles is 1. The number of benzene rings is 1. The number of hydrogen-bond acceptors (Lipinski definition) is 7. The Morgan fingerprint density at radius 2 is 2.07 bits per heavy atom. The van der Waals surface area contributed by atoms with Crippen LogP contribution < -0.4 is 10.1 Å². The van der Waals surface area contributed by atoms with E-state index in [0.29, 0.717) is 22.7 Å². The lowest BCUT2D eigenvalue weighted by atomic mass is 9.92. The largest absolute Gasteiger partial charge is 0.474 e. The zero-order chi connectivity index (χ0) is 19.2. The minimum atomic E-state index is -0.422. The molecule has 27 heavy (non-hydrogen) atoms. The maximum atomic E-state index is 11.2. The van der Waals surface area contributed by atoms with Gasteiger partial charge in [-0.05, 0) is 49.4 Å². The summed E-state index contributed by atoms with van der Waals surface area (Å²) in [6, 6.07) is 10.1. The maximum absolute atomic E-state index is 11.2. The smallest absolute Gasteiger partial charge is 0.292 e. The van der Waals surface area contributed by atoms with Crippen LogP contribution in [-0.4, -0.2) is 27.2 Å². The quantitative estimate of drug-likeness (QED) is 0.593. The molecule has 0 saturated heterocycles. The molecule has 1 aromatic heterocycles. The number of rotatable bonds is 6. The standard InChI is InChI=1S/C19H20N4O4/c20-10-14-2-8-19(21-11-14)27-16-5-3-15(4-6-16)22-17-9-13(12-24)1-7-18(17)23(25)26/h1-2,7-9,11,15-16,22,24H,3-6,12H2. The second kappa shape index (κ2) is 8.47. The highest BCUT2D eigenvalue weighted by molar-refractivity contribution is 5.63. The molecule has 0 amide bonds. The molecule has 0 aliphatic heterocycles. The number of nitrogens with one attached hydrogen (secondary N) is 1. The lowest BCUT2D eigenvalue weighted by Crippen LogP contribution is -2.31. The number of aliphatic hydroxyl groups excluding tert-OH is 1. The van der Waals surface area contributed by atoms with Crippen LogP contribution in [0.2, 0.25) is 0 Å². The molecule has 1 aromatic carbocycles. The van der Waals surface area contributed by atoms with Gasteiger partial charge in [0.2, 0.25) is 5.88 Å². The second-order valence-corrected chi connectivity index (χ2v) is 6.50. The summed E-state index contributed by atoms with van der Waals surface area (Å²) in [4.78, 5) is 14.9. The molecule has 1 aliphatic rings. The van der Waals surface area contributed by atoms with Gasteiger partial charge in [-0.2, -0.15) is 5.26 Å². The fraction of sp³-hybridized carbons (Fsp3) is 0.368. The summed E-state index contributed by atoms with van der Waals surface area (Å²) in [7, 11) is 0. The molecule has 8 nitrogen and oxygen atoms in total. The van der Waals surface area contributed by atoms with Gasteiger partial charge in [0.05, 0.1) is 17.1 Å². The zero-order valence-corrected chi connectivity index (χ0v) is 14.7. The number of aliphatic hydroxyl groups is 1. The lowest BCUT2D eigenvalue weighted by molar-refractivity contribution is -0.384. The van der Waals surface area contributed by atoms with Gasteiger partial charge in [-0.15, -0.1) is 0 Å². The predicted octanol–water partition coefficient (Wildman–Crippen LogP) is 3.16. The lowest BCUT2D eigenvalue weighted by Gasteiger charge is -2.29. The van der Waals surface area contributed by atoms with Crippen molar-refractivity contribution in [2.75, 3.05) is 5.32 Å². The van der Waals surface area contributed by atoms with Crippen molar-refractivity contribution in [2.45, 2.75) is 44.4 Å². The highest BCUT2D eigenvalue weighted by Crippen LogP contribution is 2.30. The topological polar surface area (TPSA) is 121 Å². The Bertz CT molecular complexity index is 840. The van der Waals surface area contributed by atoms with E-state index in [1.54, 1.807) is 24.3 Å². The Morgan fingerprint density at radius 3 is 2.67 bits per heavy atom. The summed E-state index contributed by atoms with van der Waals surface area (Å²) >= 11 is 0. The zero-order valence-electron chi connectivity index (χ0n) is 14.7. The van der Waals surface area contributed by atoms with Crippen LogP contribution in [0.25, 0.3) is 0 Å². The molecule has 3 rings (SSSR count). The van der Waals surface area contributed by atoms with Crippen molar-refractivity contribution in [1.82, 2.24) is 4.98 Å². The Labute approximate surface area is 156 Å². The average Bonchev–Trinajstić information content (AvgIpc) is 2.69. The van der Waals surface area contributed by atoms with E-state index in [1.807, 2.05) is 6.07 Å². The highest BCUT2D eigenvalue weighted by Gasteiger charge is 2.25. The van der Waals surface area contributed by atoms with Gasteiger partial charge in [-0.3, -0.25) is 10.1 Å². The first-order valence-electron chi connectivity index (χ1n) is 8.76. The number of aromatic nitrogens is 1. The third-order valence-corrected chi connectivity index (χ3v) is 4.63. The van der Waals surface area contributed by atoms with Crippen molar-refractivity contribution >= 4 is 11.4 Å². The van der Waals surface area contributed by atoms with Crippen molar-refractivity contribution < 1.29 is 14.8 Å². The molecule has 1 fully saturated rings. The molecule has 1 saturated carbocycles. The second-order valence-electron chi connectivity index (χ2n) is 6.50. The van der Waals surface area contributed by atoms with E-state index in [9.17, 15) is 15.2 Å². The van der Waals surface area contributed by atoms with Crippen LogP contribution in [-0.2, 0) is 6.61 Å². The fourth-order valence-electron chi connectivity index (χ4n) is 3.19. The van der Waals surface area contributed by atoms with Crippen LogP contribution in [0.4, 0.5) is 11.4 Å². The van der Waals surface area contributed by atoms with Crippen molar-refractivity contribution in [3.05, 3.63) is 57.8 Å². The maximum Gasteiger partial charge on any atom is 0.292 e. The number of anilines is 1. The third kappa shape index (κ3) is 4.71.